The average molecular weight is 527 g/mol. The Morgan fingerprint density at radius 1 is 0.895 bits per heavy atom. The van der Waals surface area contributed by atoms with E-state index in [1.165, 1.54) is 25.0 Å². The summed E-state index contributed by atoms with van der Waals surface area (Å²) in [4.78, 5) is 29.5. The van der Waals surface area contributed by atoms with Crippen LogP contribution in [0, 0.1) is 23.6 Å². The van der Waals surface area contributed by atoms with Crippen molar-refractivity contribution in [1.29, 1.82) is 0 Å². The summed E-state index contributed by atoms with van der Waals surface area (Å²) in [6.07, 6.45) is 5.37. The molecule has 1 fully saturated rings. The van der Waals surface area contributed by atoms with Crippen LogP contribution >= 0.6 is 0 Å². The average Bonchev–Trinajstić information content (AvgIpc) is 2.93. The van der Waals surface area contributed by atoms with Gasteiger partial charge >= 0.3 is 0 Å². The number of hydrogen-bond acceptors (Lipinski definition) is 2. The molecular weight excluding hydrogens is 475 g/mol. The fourth-order valence-electron chi connectivity index (χ4n) is 3.71. The quantitative estimate of drug-likeness (QED) is 0.348. The van der Waals surface area contributed by atoms with Crippen molar-refractivity contribution < 1.29 is 14.0 Å². The number of nitrogens with zero attached hydrogens (tertiary/aromatic N) is 2. The Morgan fingerprint density at radius 3 is 1.97 bits per heavy atom. The smallest absolute Gasteiger partial charge is 0.231 e. The van der Waals surface area contributed by atoms with Gasteiger partial charge in [-0.15, -0.1) is 0 Å². The summed E-state index contributed by atoms with van der Waals surface area (Å²) in [5, 5.41) is 0. The van der Waals surface area contributed by atoms with Crippen LogP contribution in [0.5, 0.6) is 0 Å². The van der Waals surface area contributed by atoms with Gasteiger partial charge in [0.2, 0.25) is 11.8 Å². The van der Waals surface area contributed by atoms with Crippen molar-refractivity contribution in [3.05, 3.63) is 66.0 Å². The maximum absolute atomic E-state index is 13.2. The molecule has 212 valence electrons. The third kappa shape index (κ3) is 12.2. The maximum atomic E-state index is 13.2. The minimum atomic E-state index is -0.309. The van der Waals surface area contributed by atoms with E-state index in [-0.39, 0.29) is 30.0 Å². The van der Waals surface area contributed by atoms with Crippen molar-refractivity contribution >= 4 is 17.5 Å². The molecule has 38 heavy (non-hydrogen) atoms. The zero-order chi connectivity index (χ0) is 28.5. The van der Waals surface area contributed by atoms with Gasteiger partial charge in [-0.3, -0.25) is 9.59 Å². The van der Waals surface area contributed by atoms with Crippen LogP contribution in [0.3, 0.4) is 0 Å². The molecule has 0 aromatic heterocycles. The lowest BCUT2D eigenvalue weighted by Crippen LogP contribution is -2.47. The molecule has 0 spiro atoms. The van der Waals surface area contributed by atoms with Crippen LogP contribution in [-0.4, -0.2) is 36.3 Å². The van der Waals surface area contributed by atoms with Crippen LogP contribution in [0.15, 0.2) is 54.6 Å². The lowest BCUT2D eigenvalue weighted by atomic mass is 9.95. The van der Waals surface area contributed by atoms with Gasteiger partial charge in [0.1, 0.15) is 5.82 Å². The number of carbonyl (C=O) groups is 2. The summed E-state index contributed by atoms with van der Waals surface area (Å²) in [6.45, 7) is 17.2. The van der Waals surface area contributed by atoms with Gasteiger partial charge in [-0.25, -0.2) is 4.39 Å². The van der Waals surface area contributed by atoms with Gasteiger partial charge in [-0.1, -0.05) is 91.6 Å². The number of likely N-dealkylation sites (tertiary alicyclic amines) is 1. The molecule has 1 unspecified atom stereocenters. The van der Waals surface area contributed by atoms with E-state index in [9.17, 15) is 14.0 Å². The lowest BCUT2D eigenvalue weighted by molar-refractivity contribution is -0.134. The third-order valence-electron chi connectivity index (χ3n) is 7.01. The summed E-state index contributed by atoms with van der Waals surface area (Å²) >= 11 is 0. The fourth-order valence-corrected chi connectivity index (χ4v) is 3.71. The first kappa shape index (κ1) is 33.3. The van der Waals surface area contributed by atoms with Gasteiger partial charge in [-0.05, 0) is 60.9 Å². The minimum absolute atomic E-state index is 0.00846. The van der Waals surface area contributed by atoms with Crippen molar-refractivity contribution in [1.82, 2.24) is 4.90 Å². The lowest BCUT2D eigenvalue weighted by Gasteiger charge is -2.35. The van der Waals surface area contributed by atoms with Crippen LogP contribution in [0.4, 0.5) is 10.1 Å². The van der Waals surface area contributed by atoms with E-state index in [0.29, 0.717) is 19.6 Å². The summed E-state index contributed by atoms with van der Waals surface area (Å²) < 4.78 is 13.1. The Labute approximate surface area is 231 Å². The Hall–Kier alpha value is -2.69. The second-order valence-electron chi connectivity index (χ2n) is 10.8. The maximum Gasteiger partial charge on any atom is 0.231 e. The first-order valence-corrected chi connectivity index (χ1v) is 14.5. The van der Waals surface area contributed by atoms with Crippen LogP contribution < -0.4 is 4.90 Å². The number of rotatable bonds is 8. The summed E-state index contributed by atoms with van der Waals surface area (Å²) in [6, 6.07) is 15.7. The molecule has 2 amide bonds. The van der Waals surface area contributed by atoms with E-state index in [1.807, 2.05) is 35.2 Å². The number of hydrogen-bond donors (Lipinski definition) is 0. The van der Waals surface area contributed by atoms with Crippen molar-refractivity contribution in [3.63, 3.8) is 0 Å². The molecule has 0 radical (unpaired) electrons. The molecule has 1 heterocycles. The molecule has 0 saturated carbocycles. The topological polar surface area (TPSA) is 40.6 Å². The number of halogens is 1. The van der Waals surface area contributed by atoms with Crippen LogP contribution in [-0.2, 0) is 16.0 Å². The summed E-state index contributed by atoms with van der Waals surface area (Å²) in [7, 11) is 0. The second-order valence-corrected chi connectivity index (χ2v) is 10.8. The van der Waals surface area contributed by atoms with E-state index in [1.54, 1.807) is 17.0 Å². The molecule has 3 rings (SSSR count). The molecule has 0 bridgehead atoms. The molecule has 0 aliphatic carbocycles. The van der Waals surface area contributed by atoms with Crippen LogP contribution in [0.1, 0.15) is 86.1 Å². The highest BCUT2D eigenvalue weighted by molar-refractivity contribution is 5.95. The van der Waals surface area contributed by atoms with E-state index in [4.69, 9.17) is 0 Å². The Morgan fingerprint density at radius 2 is 1.47 bits per heavy atom. The van der Waals surface area contributed by atoms with Crippen molar-refractivity contribution in [2.75, 3.05) is 24.5 Å². The summed E-state index contributed by atoms with van der Waals surface area (Å²) in [5.74, 6) is 1.29. The number of carbonyl (C=O) groups excluding carboxylic acids is 2. The Bertz CT molecular complexity index is 904. The predicted molar refractivity (Wildman–Crippen MR) is 159 cm³/mol. The van der Waals surface area contributed by atoms with Gasteiger partial charge in [0, 0.05) is 25.3 Å². The normalized spacial score (nSPS) is 14.8. The zero-order valence-corrected chi connectivity index (χ0v) is 24.9. The first-order chi connectivity index (χ1) is 18.1. The molecule has 1 saturated heterocycles. The number of piperidine rings is 1. The molecular formula is C33H51FN2O2. The Kier molecular flexibility index (Phi) is 16.3. The van der Waals surface area contributed by atoms with Gasteiger partial charge in [0.15, 0.2) is 0 Å². The predicted octanol–water partition coefficient (Wildman–Crippen LogP) is 8.15. The van der Waals surface area contributed by atoms with Crippen LogP contribution in [0.25, 0.3) is 0 Å². The monoisotopic (exact) mass is 526 g/mol. The van der Waals surface area contributed by atoms with Gasteiger partial charge in [0.25, 0.3) is 0 Å². The highest BCUT2D eigenvalue weighted by Gasteiger charge is 2.31. The number of para-hydroxylation sites is 1. The number of amides is 2. The van der Waals surface area contributed by atoms with Crippen LogP contribution in [0.2, 0.25) is 0 Å². The molecule has 1 aliphatic heterocycles. The second kappa shape index (κ2) is 18.5. The highest BCUT2D eigenvalue weighted by Crippen LogP contribution is 2.24. The van der Waals surface area contributed by atoms with E-state index >= 15 is 0 Å². The number of unbranched alkanes of at least 4 members (excludes halogenated alkanes) is 1. The largest absolute Gasteiger partial charge is 0.342 e. The van der Waals surface area contributed by atoms with Crippen molar-refractivity contribution in [2.45, 2.75) is 87.0 Å². The molecule has 2 aromatic carbocycles. The SMILES string of the molecule is CC(C)C(C)C.CCCC.CCCN(C(=O)C1CCCN(C(=O)Cc2ccc(F)cc2)C1)c1ccccc1. The van der Waals surface area contributed by atoms with Crippen molar-refractivity contribution in [3.8, 4) is 0 Å². The molecule has 2 aromatic rings. The fraction of sp³-hybridized carbons (Fsp3) is 0.576. The highest BCUT2D eigenvalue weighted by atomic mass is 19.1. The van der Waals surface area contributed by atoms with E-state index in [0.717, 1.165) is 42.3 Å². The van der Waals surface area contributed by atoms with Gasteiger partial charge in [-0.2, -0.15) is 0 Å². The summed E-state index contributed by atoms with van der Waals surface area (Å²) in [5.41, 5.74) is 1.70. The third-order valence-corrected chi connectivity index (χ3v) is 7.01. The van der Waals surface area contributed by atoms with Crippen molar-refractivity contribution in [2.24, 2.45) is 17.8 Å². The Balaban J connectivity index is 0.000000616. The standard InChI is InChI=1S/C23H27FN2O2.C6H14.C4H10/c1-2-14-26(21-8-4-3-5-9-21)23(28)19-7-6-15-25(17-19)22(27)16-18-10-12-20(24)13-11-18;1-5(2)6(3)4;1-3-4-2/h3-5,8-13,19H,2,6-7,14-17H2,1H3;5-6H,1-4H3;3-4H2,1-2H3. The zero-order valence-electron chi connectivity index (χ0n) is 24.9. The number of benzene rings is 2. The molecule has 4 nitrogen and oxygen atoms in total. The molecule has 5 heteroatoms. The molecule has 1 atom stereocenters. The van der Waals surface area contributed by atoms with E-state index in [2.05, 4.69) is 48.5 Å². The van der Waals surface area contributed by atoms with E-state index < -0.39 is 0 Å². The number of anilines is 1. The molecule has 0 N–H and O–H groups in total. The van der Waals surface area contributed by atoms with Gasteiger partial charge in [0.05, 0.1) is 12.3 Å². The minimum Gasteiger partial charge on any atom is -0.342 e. The van der Waals surface area contributed by atoms with Gasteiger partial charge < -0.3 is 9.80 Å². The first-order valence-electron chi connectivity index (χ1n) is 14.5. The molecule has 1 aliphatic rings.